The van der Waals surface area contributed by atoms with Crippen molar-refractivity contribution in [1.29, 1.82) is 0 Å². The molecule has 64 valence electrons. The maximum atomic E-state index is 9.02. The highest BCUT2D eigenvalue weighted by Crippen LogP contribution is 2.36. The van der Waals surface area contributed by atoms with Gasteiger partial charge in [-0.05, 0) is 38.6 Å². The molecular formula is C9H17NO. The van der Waals surface area contributed by atoms with Gasteiger partial charge in [0.05, 0.1) is 0 Å². The van der Waals surface area contributed by atoms with Crippen molar-refractivity contribution in [3.63, 3.8) is 0 Å². The lowest BCUT2D eigenvalue weighted by Crippen LogP contribution is -2.40. The van der Waals surface area contributed by atoms with E-state index in [2.05, 4.69) is 11.9 Å². The Morgan fingerprint density at radius 2 is 1.82 bits per heavy atom. The van der Waals surface area contributed by atoms with Crippen molar-refractivity contribution in [2.45, 2.75) is 37.8 Å². The van der Waals surface area contributed by atoms with E-state index in [1.807, 2.05) is 0 Å². The van der Waals surface area contributed by atoms with Gasteiger partial charge in [-0.25, -0.2) is 0 Å². The SMILES string of the molecule is CN1[C@@H]2CC[C@H]1C[C@@H](CO)C2. The van der Waals surface area contributed by atoms with E-state index in [0.29, 0.717) is 12.5 Å². The molecule has 2 bridgehead atoms. The molecule has 0 spiro atoms. The summed E-state index contributed by atoms with van der Waals surface area (Å²) in [6, 6.07) is 1.57. The summed E-state index contributed by atoms with van der Waals surface area (Å²) in [5.41, 5.74) is 0. The molecule has 0 radical (unpaired) electrons. The van der Waals surface area contributed by atoms with Crippen molar-refractivity contribution >= 4 is 0 Å². The Labute approximate surface area is 68.2 Å². The minimum absolute atomic E-state index is 0.404. The lowest BCUT2D eigenvalue weighted by molar-refractivity contribution is 0.0945. The first-order chi connectivity index (χ1) is 5.31. The fourth-order valence-corrected chi connectivity index (χ4v) is 2.67. The first kappa shape index (κ1) is 7.56. The second-order valence-corrected chi connectivity index (χ2v) is 4.07. The summed E-state index contributed by atoms with van der Waals surface area (Å²) in [7, 11) is 2.23. The predicted octanol–water partition coefficient (Wildman–Crippen LogP) is 0.851. The number of hydrogen-bond acceptors (Lipinski definition) is 2. The molecule has 2 rings (SSSR count). The molecular weight excluding hydrogens is 138 g/mol. The maximum Gasteiger partial charge on any atom is 0.0460 e. The fraction of sp³-hybridized carbons (Fsp3) is 1.00. The number of nitrogens with zero attached hydrogens (tertiary/aromatic N) is 1. The van der Waals surface area contributed by atoms with Crippen molar-refractivity contribution in [1.82, 2.24) is 4.90 Å². The van der Waals surface area contributed by atoms with Crippen LogP contribution in [0.15, 0.2) is 0 Å². The van der Waals surface area contributed by atoms with Crippen LogP contribution in [0.1, 0.15) is 25.7 Å². The summed E-state index contributed by atoms with van der Waals surface area (Å²) in [5.74, 6) is 0.601. The molecule has 0 saturated carbocycles. The van der Waals surface area contributed by atoms with E-state index in [1.54, 1.807) is 0 Å². The Kier molecular flexibility index (Phi) is 1.90. The van der Waals surface area contributed by atoms with E-state index < -0.39 is 0 Å². The van der Waals surface area contributed by atoms with E-state index in [-0.39, 0.29) is 0 Å². The Hall–Kier alpha value is -0.0800. The van der Waals surface area contributed by atoms with E-state index in [4.69, 9.17) is 5.11 Å². The summed E-state index contributed by atoms with van der Waals surface area (Å²) in [4.78, 5) is 2.51. The molecule has 0 aliphatic carbocycles. The number of piperidine rings is 1. The highest BCUT2D eigenvalue weighted by molar-refractivity contribution is 4.92. The average Bonchev–Trinajstić information content (AvgIpc) is 2.26. The van der Waals surface area contributed by atoms with Crippen molar-refractivity contribution in [2.24, 2.45) is 5.92 Å². The smallest absolute Gasteiger partial charge is 0.0460 e. The van der Waals surface area contributed by atoms with Gasteiger partial charge in [0.1, 0.15) is 0 Å². The van der Waals surface area contributed by atoms with E-state index in [1.165, 1.54) is 25.7 Å². The lowest BCUT2D eigenvalue weighted by Gasteiger charge is -2.35. The third-order valence-electron chi connectivity index (χ3n) is 3.45. The molecule has 0 aromatic rings. The zero-order valence-electron chi connectivity index (χ0n) is 7.16. The third kappa shape index (κ3) is 1.18. The zero-order valence-corrected chi connectivity index (χ0v) is 7.16. The quantitative estimate of drug-likeness (QED) is 0.607. The maximum absolute atomic E-state index is 9.02. The highest BCUT2D eigenvalue weighted by Gasteiger charge is 2.37. The number of rotatable bonds is 1. The van der Waals surface area contributed by atoms with Gasteiger partial charge in [-0.2, -0.15) is 0 Å². The van der Waals surface area contributed by atoms with Crippen LogP contribution >= 0.6 is 0 Å². The van der Waals surface area contributed by atoms with Crippen molar-refractivity contribution in [3.05, 3.63) is 0 Å². The molecule has 2 heteroatoms. The minimum Gasteiger partial charge on any atom is -0.396 e. The molecule has 0 amide bonds. The molecule has 2 nitrogen and oxygen atoms in total. The third-order valence-corrected chi connectivity index (χ3v) is 3.45. The summed E-state index contributed by atoms with van der Waals surface area (Å²) < 4.78 is 0. The van der Waals surface area contributed by atoms with Crippen LogP contribution in [0.25, 0.3) is 0 Å². The van der Waals surface area contributed by atoms with Gasteiger partial charge in [-0.15, -0.1) is 0 Å². The van der Waals surface area contributed by atoms with Crippen LogP contribution in [0.3, 0.4) is 0 Å². The molecule has 2 aliphatic heterocycles. The Balaban J connectivity index is 2.02. The number of hydrogen-bond donors (Lipinski definition) is 1. The number of aliphatic hydroxyl groups is 1. The molecule has 11 heavy (non-hydrogen) atoms. The number of fused-ring (bicyclic) bond motifs is 2. The molecule has 2 aliphatic rings. The van der Waals surface area contributed by atoms with E-state index in [9.17, 15) is 0 Å². The second-order valence-electron chi connectivity index (χ2n) is 4.07. The van der Waals surface area contributed by atoms with Crippen molar-refractivity contribution < 1.29 is 5.11 Å². The van der Waals surface area contributed by atoms with Gasteiger partial charge in [0.2, 0.25) is 0 Å². The van der Waals surface area contributed by atoms with Gasteiger partial charge in [-0.1, -0.05) is 0 Å². The molecule has 0 aromatic carbocycles. The normalized spacial score (nSPS) is 44.7. The minimum atomic E-state index is 0.404. The van der Waals surface area contributed by atoms with Crippen LogP contribution in [0, 0.1) is 5.92 Å². The summed E-state index contributed by atoms with van der Waals surface area (Å²) >= 11 is 0. The molecule has 2 saturated heterocycles. The fourth-order valence-electron chi connectivity index (χ4n) is 2.67. The largest absolute Gasteiger partial charge is 0.396 e. The zero-order chi connectivity index (χ0) is 7.84. The van der Waals surface area contributed by atoms with Gasteiger partial charge in [0, 0.05) is 18.7 Å². The summed E-state index contributed by atoms with van der Waals surface area (Å²) in [5, 5.41) is 9.02. The van der Waals surface area contributed by atoms with Gasteiger partial charge in [-0.3, -0.25) is 0 Å². The second kappa shape index (κ2) is 2.76. The molecule has 2 heterocycles. The van der Waals surface area contributed by atoms with Crippen molar-refractivity contribution in [2.75, 3.05) is 13.7 Å². The lowest BCUT2D eigenvalue weighted by atomic mass is 9.92. The van der Waals surface area contributed by atoms with Crippen LogP contribution in [-0.4, -0.2) is 35.7 Å². The first-order valence-electron chi connectivity index (χ1n) is 4.64. The van der Waals surface area contributed by atoms with Gasteiger partial charge >= 0.3 is 0 Å². The molecule has 2 fully saturated rings. The molecule has 0 unspecified atom stereocenters. The van der Waals surface area contributed by atoms with E-state index >= 15 is 0 Å². The summed E-state index contributed by atoms with van der Waals surface area (Å²) in [6.07, 6.45) is 5.17. The monoisotopic (exact) mass is 155 g/mol. The van der Waals surface area contributed by atoms with Gasteiger partial charge < -0.3 is 10.0 Å². The van der Waals surface area contributed by atoms with Crippen LogP contribution in [0.4, 0.5) is 0 Å². The first-order valence-corrected chi connectivity index (χ1v) is 4.64. The summed E-state index contributed by atoms with van der Waals surface area (Å²) in [6.45, 7) is 0.404. The van der Waals surface area contributed by atoms with E-state index in [0.717, 1.165) is 12.1 Å². The van der Waals surface area contributed by atoms with Crippen LogP contribution in [0.5, 0.6) is 0 Å². The Bertz CT molecular complexity index is 134. The van der Waals surface area contributed by atoms with Crippen LogP contribution < -0.4 is 0 Å². The molecule has 0 aromatic heterocycles. The van der Waals surface area contributed by atoms with Gasteiger partial charge in [0.25, 0.3) is 0 Å². The molecule has 3 atom stereocenters. The molecule has 1 N–H and O–H groups in total. The topological polar surface area (TPSA) is 23.5 Å². The number of aliphatic hydroxyl groups excluding tert-OH is 1. The van der Waals surface area contributed by atoms with Gasteiger partial charge in [0.15, 0.2) is 0 Å². The Morgan fingerprint density at radius 1 is 1.27 bits per heavy atom. The highest BCUT2D eigenvalue weighted by atomic mass is 16.3. The standard InChI is InChI=1S/C9H17NO/c1-10-8-2-3-9(10)5-7(4-8)6-11/h7-9,11H,2-6H2,1H3/t7-,8+,9-. The average molecular weight is 155 g/mol. The predicted molar refractivity (Wildman–Crippen MR) is 44.4 cm³/mol. The van der Waals surface area contributed by atoms with Crippen LogP contribution in [-0.2, 0) is 0 Å². The van der Waals surface area contributed by atoms with Crippen LogP contribution in [0.2, 0.25) is 0 Å². The van der Waals surface area contributed by atoms with Crippen molar-refractivity contribution in [3.8, 4) is 0 Å². The Morgan fingerprint density at radius 3 is 2.27 bits per heavy atom.